The van der Waals surface area contributed by atoms with Gasteiger partial charge in [-0.05, 0) is 36.1 Å². The molecule has 0 saturated carbocycles. The quantitative estimate of drug-likeness (QED) is 0.740. The Balaban J connectivity index is 2.53. The fraction of sp³-hybridized carbons (Fsp3) is 0.462. The first-order valence-corrected chi connectivity index (χ1v) is 5.41. The van der Waals surface area contributed by atoms with Crippen molar-refractivity contribution < 1.29 is 9.53 Å². The maximum atomic E-state index is 11.8. The Morgan fingerprint density at radius 1 is 1.47 bits per heavy atom. The van der Waals surface area contributed by atoms with E-state index in [4.69, 9.17) is 4.74 Å². The predicted octanol–water partition coefficient (Wildman–Crippen LogP) is 2.63. The van der Waals surface area contributed by atoms with Crippen LogP contribution >= 0.6 is 0 Å². The van der Waals surface area contributed by atoms with Crippen molar-refractivity contribution in [2.75, 3.05) is 7.11 Å². The average Bonchev–Trinajstić information content (AvgIpc) is 2.53. The van der Waals surface area contributed by atoms with Gasteiger partial charge in [0.1, 0.15) is 5.75 Å². The molecule has 0 heterocycles. The SMILES string of the molecule is CCc1cc2c(cc1OC)CC(C)C2=O. The molecule has 0 bridgehead atoms. The molecule has 0 fully saturated rings. The molecular formula is C13H16O2. The molecule has 0 amide bonds. The normalized spacial score (nSPS) is 19.1. The molecule has 15 heavy (non-hydrogen) atoms. The molecule has 1 aliphatic rings. The standard InChI is InChI=1S/C13H16O2/c1-4-9-6-11-10(7-12(9)15-3)5-8(2)13(11)14/h6-8H,4-5H2,1-3H3. The van der Waals surface area contributed by atoms with Gasteiger partial charge in [-0.15, -0.1) is 0 Å². The van der Waals surface area contributed by atoms with Crippen molar-refractivity contribution in [1.82, 2.24) is 0 Å². The van der Waals surface area contributed by atoms with Gasteiger partial charge in [-0.1, -0.05) is 13.8 Å². The van der Waals surface area contributed by atoms with Crippen molar-refractivity contribution in [2.45, 2.75) is 26.7 Å². The van der Waals surface area contributed by atoms with Crippen LogP contribution in [0.25, 0.3) is 0 Å². The number of ketones is 1. The summed E-state index contributed by atoms with van der Waals surface area (Å²) >= 11 is 0. The van der Waals surface area contributed by atoms with Crippen LogP contribution in [-0.4, -0.2) is 12.9 Å². The Bertz CT molecular complexity index is 407. The van der Waals surface area contributed by atoms with Gasteiger partial charge in [0.05, 0.1) is 7.11 Å². The van der Waals surface area contributed by atoms with E-state index in [1.165, 1.54) is 0 Å². The zero-order chi connectivity index (χ0) is 11.0. The smallest absolute Gasteiger partial charge is 0.166 e. The summed E-state index contributed by atoms with van der Waals surface area (Å²) in [7, 11) is 1.68. The third-order valence-electron chi connectivity index (χ3n) is 3.13. The number of Topliss-reactive ketones (excluding diaryl/α,β-unsaturated/α-hetero) is 1. The summed E-state index contributed by atoms with van der Waals surface area (Å²) in [5.41, 5.74) is 3.17. The number of hydrogen-bond acceptors (Lipinski definition) is 2. The molecule has 80 valence electrons. The van der Waals surface area contributed by atoms with E-state index in [2.05, 4.69) is 6.92 Å². The van der Waals surface area contributed by atoms with Crippen molar-refractivity contribution in [1.29, 1.82) is 0 Å². The molecule has 0 radical (unpaired) electrons. The van der Waals surface area contributed by atoms with E-state index in [9.17, 15) is 4.79 Å². The second-order valence-corrected chi connectivity index (χ2v) is 4.14. The Morgan fingerprint density at radius 2 is 2.20 bits per heavy atom. The highest BCUT2D eigenvalue weighted by molar-refractivity contribution is 6.02. The number of carbonyl (C=O) groups excluding carboxylic acids is 1. The number of rotatable bonds is 2. The maximum absolute atomic E-state index is 11.8. The fourth-order valence-corrected chi connectivity index (χ4v) is 2.22. The van der Waals surface area contributed by atoms with E-state index in [0.717, 1.165) is 35.3 Å². The predicted molar refractivity (Wildman–Crippen MR) is 59.6 cm³/mol. The van der Waals surface area contributed by atoms with Gasteiger partial charge in [0, 0.05) is 11.5 Å². The molecule has 1 aromatic carbocycles. The lowest BCUT2D eigenvalue weighted by atomic mass is 10.0. The minimum absolute atomic E-state index is 0.136. The molecule has 0 spiro atoms. The average molecular weight is 204 g/mol. The zero-order valence-electron chi connectivity index (χ0n) is 9.46. The molecule has 0 aromatic heterocycles. The van der Waals surface area contributed by atoms with Crippen LogP contribution in [0.3, 0.4) is 0 Å². The molecule has 1 unspecified atom stereocenters. The van der Waals surface area contributed by atoms with Gasteiger partial charge in [-0.25, -0.2) is 0 Å². The van der Waals surface area contributed by atoms with Gasteiger partial charge in [0.2, 0.25) is 0 Å². The Labute approximate surface area is 90.3 Å². The largest absolute Gasteiger partial charge is 0.496 e. The van der Waals surface area contributed by atoms with Crippen LogP contribution in [0.4, 0.5) is 0 Å². The number of fused-ring (bicyclic) bond motifs is 1. The summed E-state index contributed by atoms with van der Waals surface area (Å²) in [4.78, 5) is 11.8. The highest BCUT2D eigenvalue weighted by atomic mass is 16.5. The van der Waals surface area contributed by atoms with Gasteiger partial charge in [0.15, 0.2) is 5.78 Å². The van der Waals surface area contributed by atoms with E-state index >= 15 is 0 Å². The Morgan fingerprint density at radius 3 is 2.80 bits per heavy atom. The van der Waals surface area contributed by atoms with Crippen molar-refractivity contribution >= 4 is 5.78 Å². The highest BCUT2D eigenvalue weighted by Gasteiger charge is 2.28. The van der Waals surface area contributed by atoms with Gasteiger partial charge < -0.3 is 4.74 Å². The monoisotopic (exact) mass is 204 g/mol. The molecule has 2 heteroatoms. The minimum Gasteiger partial charge on any atom is -0.496 e. The van der Waals surface area contributed by atoms with Gasteiger partial charge in [0.25, 0.3) is 0 Å². The third-order valence-corrected chi connectivity index (χ3v) is 3.13. The fourth-order valence-electron chi connectivity index (χ4n) is 2.22. The van der Waals surface area contributed by atoms with Gasteiger partial charge in [-0.2, -0.15) is 0 Å². The van der Waals surface area contributed by atoms with E-state index in [-0.39, 0.29) is 11.7 Å². The molecule has 1 aromatic rings. The second-order valence-electron chi connectivity index (χ2n) is 4.14. The molecular weight excluding hydrogens is 188 g/mol. The molecule has 2 rings (SSSR count). The first kappa shape index (κ1) is 10.2. The van der Waals surface area contributed by atoms with E-state index in [1.54, 1.807) is 7.11 Å². The van der Waals surface area contributed by atoms with E-state index in [1.807, 2.05) is 19.1 Å². The van der Waals surface area contributed by atoms with Crippen LogP contribution in [0, 0.1) is 5.92 Å². The number of aryl methyl sites for hydroxylation is 1. The number of ether oxygens (including phenoxy) is 1. The Hall–Kier alpha value is -1.31. The first-order valence-electron chi connectivity index (χ1n) is 5.41. The van der Waals surface area contributed by atoms with Crippen LogP contribution in [-0.2, 0) is 12.8 Å². The summed E-state index contributed by atoms with van der Waals surface area (Å²) in [5.74, 6) is 1.33. The van der Waals surface area contributed by atoms with Crippen molar-refractivity contribution in [3.8, 4) is 5.75 Å². The molecule has 1 aliphatic carbocycles. The van der Waals surface area contributed by atoms with Gasteiger partial charge in [-0.3, -0.25) is 4.79 Å². The summed E-state index contributed by atoms with van der Waals surface area (Å²) in [6.45, 7) is 4.06. The van der Waals surface area contributed by atoms with Crippen LogP contribution in [0.15, 0.2) is 12.1 Å². The third kappa shape index (κ3) is 1.54. The zero-order valence-corrected chi connectivity index (χ0v) is 9.46. The summed E-state index contributed by atoms with van der Waals surface area (Å²) in [6.07, 6.45) is 1.76. The lowest BCUT2D eigenvalue weighted by molar-refractivity contribution is 0.0946. The molecule has 2 nitrogen and oxygen atoms in total. The summed E-state index contributed by atoms with van der Waals surface area (Å²) in [6, 6.07) is 4.02. The van der Waals surface area contributed by atoms with Crippen LogP contribution in [0.5, 0.6) is 5.75 Å². The molecule has 0 saturated heterocycles. The van der Waals surface area contributed by atoms with Crippen molar-refractivity contribution in [2.24, 2.45) is 5.92 Å². The number of hydrogen-bond donors (Lipinski definition) is 0. The summed E-state index contributed by atoms with van der Waals surface area (Å²) in [5, 5.41) is 0. The molecule has 1 atom stereocenters. The van der Waals surface area contributed by atoms with Crippen LogP contribution in [0.2, 0.25) is 0 Å². The first-order chi connectivity index (χ1) is 7.17. The van der Waals surface area contributed by atoms with Crippen LogP contribution < -0.4 is 4.74 Å². The van der Waals surface area contributed by atoms with Crippen molar-refractivity contribution in [3.63, 3.8) is 0 Å². The molecule has 0 aliphatic heterocycles. The lowest BCUT2D eigenvalue weighted by Crippen LogP contribution is -2.03. The maximum Gasteiger partial charge on any atom is 0.166 e. The molecule has 0 N–H and O–H groups in total. The summed E-state index contributed by atoms with van der Waals surface area (Å²) < 4.78 is 5.32. The topological polar surface area (TPSA) is 26.3 Å². The highest BCUT2D eigenvalue weighted by Crippen LogP contribution is 2.32. The van der Waals surface area contributed by atoms with Gasteiger partial charge >= 0.3 is 0 Å². The second kappa shape index (κ2) is 3.69. The van der Waals surface area contributed by atoms with E-state index < -0.39 is 0 Å². The van der Waals surface area contributed by atoms with Crippen molar-refractivity contribution in [3.05, 3.63) is 28.8 Å². The lowest BCUT2D eigenvalue weighted by Gasteiger charge is -2.08. The number of methoxy groups -OCH3 is 1. The number of benzene rings is 1. The Kier molecular flexibility index (Phi) is 2.51. The minimum atomic E-state index is 0.136. The van der Waals surface area contributed by atoms with Crippen LogP contribution in [0.1, 0.15) is 35.3 Å². The number of carbonyl (C=O) groups is 1. The van der Waals surface area contributed by atoms with E-state index in [0.29, 0.717) is 0 Å².